The third-order valence-electron chi connectivity index (χ3n) is 23.4. The van der Waals surface area contributed by atoms with Crippen LogP contribution >= 0.6 is 0 Å². The van der Waals surface area contributed by atoms with Crippen molar-refractivity contribution in [2.24, 2.45) is 0 Å². The zero-order chi connectivity index (χ0) is 82.0. The quantitative estimate of drug-likeness (QED) is 0.0844. The molecule has 14 nitrogen and oxygen atoms in total. The summed E-state index contributed by atoms with van der Waals surface area (Å²) in [4.78, 5) is 64.1. The summed E-state index contributed by atoms with van der Waals surface area (Å²) < 4.78 is 2.31. The first-order valence-electron chi connectivity index (χ1n) is 41.4. The van der Waals surface area contributed by atoms with E-state index in [1.54, 1.807) is 0 Å². The molecule has 0 spiro atoms. The molecule has 0 atom stereocenters. The molecule has 2 aliphatic rings. The van der Waals surface area contributed by atoms with E-state index in [1.807, 2.05) is 176 Å². The molecule has 2 aliphatic heterocycles. The van der Waals surface area contributed by atoms with E-state index in [0.717, 1.165) is 145 Å². The van der Waals surface area contributed by atoms with Crippen molar-refractivity contribution in [2.45, 2.75) is 0 Å². The summed E-state index contributed by atoms with van der Waals surface area (Å²) in [6, 6.07) is 145. The van der Waals surface area contributed by atoms with Crippen LogP contribution in [-0.2, 0) is 0 Å². The Kier molecular flexibility index (Phi) is 18.0. The number of nitrogens with zero attached hydrogens (tertiary/aromatic N) is 14. The minimum Gasteiger partial charge on any atom is -0.311 e. The number of para-hydroxylation sites is 4. The van der Waals surface area contributed by atoms with Crippen molar-refractivity contribution in [3.63, 3.8) is 0 Å². The lowest BCUT2D eigenvalue weighted by Gasteiger charge is -2.45. The van der Waals surface area contributed by atoms with Crippen molar-refractivity contribution < 1.29 is 0 Å². The summed E-state index contributed by atoms with van der Waals surface area (Å²) in [7, 11) is 0. The molecule has 0 bridgehead atoms. The highest BCUT2D eigenvalue weighted by Crippen LogP contribution is 2.49. The van der Waals surface area contributed by atoms with Gasteiger partial charge in [-0.05, 0) is 125 Å². The molecule has 124 heavy (non-hydrogen) atoms. The van der Waals surface area contributed by atoms with E-state index < -0.39 is 0 Å². The zero-order valence-corrected chi connectivity index (χ0v) is 66.7. The topological polar surface area (TPSA) is 153 Å². The van der Waals surface area contributed by atoms with Crippen LogP contribution in [0.5, 0.6) is 0 Å². The van der Waals surface area contributed by atoms with E-state index in [4.69, 9.17) is 54.8 Å². The second-order valence-electron chi connectivity index (χ2n) is 30.8. The second kappa shape index (κ2) is 30.8. The highest BCUT2D eigenvalue weighted by molar-refractivity contribution is 7.00. The van der Waals surface area contributed by atoms with Gasteiger partial charge in [0.25, 0.3) is 6.71 Å². The Bertz CT molecular complexity index is 7280. The lowest BCUT2D eigenvalue weighted by atomic mass is 9.33. The van der Waals surface area contributed by atoms with Gasteiger partial charge in [0.1, 0.15) is 0 Å². The molecule has 0 saturated carbocycles. The van der Waals surface area contributed by atoms with Gasteiger partial charge in [0.2, 0.25) is 0 Å². The maximum atomic E-state index is 5.75. The van der Waals surface area contributed by atoms with E-state index >= 15 is 0 Å². The Labute approximate surface area is 715 Å². The fourth-order valence-corrected chi connectivity index (χ4v) is 17.6. The molecule has 15 heteroatoms. The van der Waals surface area contributed by atoms with E-state index in [-0.39, 0.29) is 6.71 Å². The average molecular weight is 1590 g/mol. The minimum absolute atomic E-state index is 0.0733. The Morgan fingerprint density at radius 3 is 0.903 bits per heavy atom. The number of fused-ring (bicyclic) bond motifs is 7. The van der Waals surface area contributed by atoms with Gasteiger partial charge in [0.15, 0.2) is 58.2 Å². The molecule has 23 rings (SSSR count). The van der Waals surface area contributed by atoms with Gasteiger partial charge in [-0.3, -0.25) is 0 Å². The Balaban J connectivity index is 0.751. The van der Waals surface area contributed by atoms with E-state index in [1.165, 1.54) is 16.4 Å². The Hall–Kier alpha value is -16.9. The third-order valence-corrected chi connectivity index (χ3v) is 23.4. The third kappa shape index (κ3) is 13.1. The number of benzene rings is 16. The molecule has 0 aliphatic carbocycles. The maximum absolute atomic E-state index is 5.75. The van der Waals surface area contributed by atoms with Gasteiger partial charge >= 0.3 is 0 Å². The van der Waals surface area contributed by atoms with Crippen LogP contribution in [0.1, 0.15) is 0 Å². The number of anilines is 6. The summed E-state index contributed by atoms with van der Waals surface area (Å²) >= 11 is 0. The highest BCUT2D eigenvalue weighted by atomic mass is 15.2. The molecular formula is C109H69BN14. The van der Waals surface area contributed by atoms with E-state index in [2.05, 4.69) is 257 Å². The van der Waals surface area contributed by atoms with Crippen molar-refractivity contribution in [2.75, 3.05) is 9.80 Å². The monoisotopic (exact) mass is 1580 g/mol. The predicted octanol–water partition coefficient (Wildman–Crippen LogP) is 23.9. The number of hydrogen-bond donors (Lipinski definition) is 0. The standard InChI is InChI=1S/C109H69BN14/c1-10-32-71(33-11-1)90-69-91(72-34-12-2-13-35-72)112-106(111-90)81-60-64-94(124-92-62-58-79(107-116-100(73-36-14-3-15-37-73)113-101(117-107)74-38-16-4-17-39-74)66-85(92)86-67-80(59-63-93(86)124)108-118-102(75-40-18-5-19-41-75)114-103(119-108)76-42-20-6-21-43-76)87(68-81)109-120-104(77-44-22-7-23-45-77)115-105(121-109)78-56-54-70(55-57-78)84-61-65-97-98-99(84)123(83-48-26-9-27-49-83)96-53-31-29-51-89(96)110(98)88-50-28-30-52-95(88)122(97)82-46-24-8-25-47-82/h1-69H. The van der Waals surface area contributed by atoms with Crippen molar-refractivity contribution in [1.82, 2.24) is 59.4 Å². The van der Waals surface area contributed by atoms with Crippen molar-refractivity contribution in [3.05, 3.63) is 419 Å². The van der Waals surface area contributed by atoms with Crippen LogP contribution < -0.4 is 26.2 Å². The molecule has 5 aromatic heterocycles. The first-order valence-corrected chi connectivity index (χ1v) is 41.4. The summed E-state index contributed by atoms with van der Waals surface area (Å²) in [5.74, 6) is 5.11. The van der Waals surface area contributed by atoms with Crippen LogP contribution in [0.3, 0.4) is 0 Å². The first-order chi connectivity index (χ1) is 61.5. The first kappa shape index (κ1) is 72.3. The number of aromatic nitrogens is 12. The molecule has 0 N–H and O–H groups in total. The molecule has 0 radical (unpaired) electrons. The van der Waals surface area contributed by atoms with Gasteiger partial charge in [-0.15, -0.1) is 0 Å². The van der Waals surface area contributed by atoms with Gasteiger partial charge in [0, 0.05) is 112 Å². The molecule has 7 heterocycles. The van der Waals surface area contributed by atoms with Crippen LogP contribution in [-0.4, -0.2) is 66.1 Å². The van der Waals surface area contributed by atoms with Crippen LogP contribution in [0.2, 0.25) is 0 Å². The summed E-state index contributed by atoms with van der Waals surface area (Å²) in [5.41, 5.74) is 26.5. The Morgan fingerprint density at radius 2 is 0.484 bits per heavy atom. The fraction of sp³-hybridized carbons (Fsp3) is 0. The second-order valence-corrected chi connectivity index (χ2v) is 30.8. The van der Waals surface area contributed by atoms with E-state index in [0.29, 0.717) is 63.8 Å². The minimum atomic E-state index is -0.0733. The van der Waals surface area contributed by atoms with Crippen molar-refractivity contribution in [1.29, 1.82) is 0 Å². The van der Waals surface area contributed by atoms with Gasteiger partial charge in [-0.2, -0.15) is 0 Å². The lowest BCUT2D eigenvalue weighted by Crippen LogP contribution is -2.61. The summed E-state index contributed by atoms with van der Waals surface area (Å²) in [5, 5.41) is 1.80. The number of rotatable bonds is 16. The zero-order valence-electron chi connectivity index (χ0n) is 66.7. The van der Waals surface area contributed by atoms with Gasteiger partial charge in [-0.1, -0.05) is 315 Å². The maximum Gasteiger partial charge on any atom is 0.252 e. The number of hydrogen-bond acceptors (Lipinski definition) is 13. The Morgan fingerprint density at radius 1 is 0.185 bits per heavy atom. The molecule has 0 unspecified atom stereocenters. The van der Waals surface area contributed by atoms with E-state index in [9.17, 15) is 0 Å². The smallest absolute Gasteiger partial charge is 0.252 e. The fourth-order valence-electron chi connectivity index (χ4n) is 17.6. The molecular weight excluding hydrogens is 1520 g/mol. The largest absolute Gasteiger partial charge is 0.311 e. The lowest BCUT2D eigenvalue weighted by molar-refractivity contribution is 1.06. The van der Waals surface area contributed by atoms with Crippen molar-refractivity contribution in [3.8, 4) is 153 Å². The summed E-state index contributed by atoms with van der Waals surface area (Å²) in [6.45, 7) is -0.0733. The molecule has 0 saturated heterocycles. The average Bonchev–Trinajstić information content (AvgIpc) is 1.48. The molecule has 21 aromatic rings. The van der Waals surface area contributed by atoms with Crippen LogP contribution in [0.15, 0.2) is 419 Å². The molecule has 0 amide bonds. The molecule has 16 aromatic carbocycles. The van der Waals surface area contributed by atoms with Crippen molar-refractivity contribution >= 4 is 79.0 Å². The highest BCUT2D eigenvalue weighted by Gasteiger charge is 2.44. The van der Waals surface area contributed by atoms with Gasteiger partial charge < -0.3 is 14.4 Å². The van der Waals surface area contributed by atoms with Crippen LogP contribution in [0.25, 0.3) is 175 Å². The van der Waals surface area contributed by atoms with Gasteiger partial charge in [0.05, 0.1) is 33.8 Å². The normalized spacial score (nSPS) is 12.0. The summed E-state index contributed by atoms with van der Waals surface area (Å²) in [6.07, 6.45) is 0. The molecule has 0 fully saturated rings. The molecule has 578 valence electrons. The van der Waals surface area contributed by atoms with Gasteiger partial charge in [-0.25, -0.2) is 54.8 Å². The SMILES string of the molecule is c1ccc(-c2cc(-c3ccccc3)nc(-c3ccc(-n4c5ccc(-c6nc(-c7ccccc7)nc(-c7ccccc7)n6)cc5c5cc(-c6nc(-c7ccccc7)nc(-c7ccccc7)n6)ccc54)c(-c4nc(-c5ccccc5)nc(-c5ccc(-c6ccc7c8c6N(c6ccccc6)c6ccccc6B8c6ccccc6N7c6ccccc6)cc5)n4)c3)n2)cc1. The van der Waals surface area contributed by atoms with Crippen LogP contribution in [0, 0.1) is 0 Å². The predicted molar refractivity (Wildman–Crippen MR) is 501 cm³/mol. The van der Waals surface area contributed by atoms with Crippen LogP contribution in [0.4, 0.5) is 34.1 Å².